The summed E-state index contributed by atoms with van der Waals surface area (Å²) >= 11 is 1.77. The molecule has 3 nitrogen and oxygen atoms in total. The highest BCUT2D eigenvalue weighted by Crippen LogP contribution is 2.19. The average molecular weight is 235 g/mol. The number of aromatic amines is 1. The quantitative estimate of drug-likeness (QED) is 0.783. The molecule has 2 N–H and O–H groups in total. The van der Waals surface area contributed by atoms with Gasteiger partial charge in [-0.25, -0.2) is 4.98 Å². The van der Waals surface area contributed by atoms with E-state index < -0.39 is 0 Å². The van der Waals surface area contributed by atoms with Crippen LogP contribution in [0.25, 0.3) is 11.0 Å². The molecule has 0 spiro atoms. The zero-order valence-corrected chi connectivity index (χ0v) is 10.5. The van der Waals surface area contributed by atoms with E-state index in [0.717, 1.165) is 28.5 Å². The van der Waals surface area contributed by atoms with Crippen molar-refractivity contribution in [3.63, 3.8) is 0 Å². The van der Waals surface area contributed by atoms with Crippen molar-refractivity contribution in [1.82, 2.24) is 15.3 Å². The summed E-state index contributed by atoms with van der Waals surface area (Å²) in [5.74, 6) is 1.04. The highest BCUT2D eigenvalue weighted by atomic mass is 32.2. The number of aromatic nitrogens is 2. The Labute approximate surface area is 100 Å². The van der Waals surface area contributed by atoms with E-state index in [1.54, 1.807) is 11.8 Å². The SMILES string of the molecule is CCNC(C)CSc1nc2ccccc2[nH]1. The lowest BCUT2D eigenvalue weighted by atomic mass is 10.3. The van der Waals surface area contributed by atoms with Crippen LogP contribution in [0, 0.1) is 0 Å². The molecule has 0 bridgehead atoms. The number of hydrogen-bond acceptors (Lipinski definition) is 3. The van der Waals surface area contributed by atoms with Gasteiger partial charge in [-0.3, -0.25) is 0 Å². The number of rotatable bonds is 5. The summed E-state index contributed by atoms with van der Waals surface area (Å²) in [5, 5.41) is 4.39. The summed E-state index contributed by atoms with van der Waals surface area (Å²) in [6.07, 6.45) is 0. The van der Waals surface area contributed by atoms with Gasteiger partial charge in [0.2, 0.25) is 0 Å². The first kappa shape index (κ1) is 11.5. The molecule has 0 aliphatic heterocycles. The molecule has 1 aromatic heterocycles. The molecule has 86 valence electrons. The number of fused-ring (bicyclic) bond motifs is 1. The fraction of sp³-hybridized carbons (Fsp3) is 0.417. The molecule has 16 heavy (non-hydrogen) atoms. The van der Waals surface area contributed by atoms with Gasteiger partial charge in [0, 0.05) is 11.8 Å². The minimum Gasteiger partial charge on any atom is -0.333 e. The normalized spacial score (nSPS) is 13.1. The third kappa shape index (κ3) is 2.77. The van der Waals surface area contributed by atoms with Crippen LogP contribution in [0.3, 0.4) is 0 Å². The van der Waals surface area contributed by atoms with E-state index >= 15 is 0 Å². The van der Waals surface area contributed by atoms with Crippen LogP contribution in [0.15, 0.2) is 29.4 Å². The van der Waals surface area contributed by atoms with Crippen LogP contribution in [-0.2, 0) is 0 Å². The Morgan fingerprint density at radius 2 is 2.25 bits per heavy atom. The zero-order valence-electron chi connectivity index (χ0n) is 9.66. The second kappa shape index (κ2) is 5.37. The van der Waals surface area contributed by atoms with Crippen LogP contribution in [-0.4, -0.2) is 28.3 Å². The van der Waals surface area contributed by atoms with E-state index in [-0.39, 0.29) is 0 Å². The molecule has 2 aromatic rings. The lowest BCUT2D eigenvalue weighted by molar-refractivity contribution is 0.620. The van der Waals surface area contributed by atoms with Crippen molar-refractivity contribution in [3.05, 3.63) is 24.3 Å². The van der Waals surface area contributed by atoms with Gasteiger partial charge in [-0.1, -0.05) is 30.8 Å². The first-order chi connectivity index (χ1) is 7.79. The lowest BCUT2D eigenvalue weighted by Gasteiger charge is -2.09. The van der Waals surface area contributed by atoms with E-state index in [1.807, 2.05) is 18.2 Å². The van der Waals surface area contributed by atoms with Gasteiger partial charge < -0.3 is 10.3 Å². The Bertz CT molecular complexity index is 419. The lowest BCUT2D eigenvalue weighted by Crippen LogP contribution is -2.27. The van der Waals surface area contributed by atoms with E-state index in [9.17, 15) is 0 Å². The Kier molecular flexibility index (Phi) is 3.85. The number of imidazole rings is 1. The zero-order chi connectivity index (χ0) is 11.4. The Hall–Kier alpha value is -1.00. The summed E-state index contributed by atoms with van der Waals surface area (Å²) in [6.45, 7) is 5.34. The van der Waals surface area contributed by atoms with Crippen LogP contribution in [0.2, 0.25) is 0 Å². The first-order valence-electron chi connectivity index (χ1n) is 5.60. The van der Waals surface area contributed by atoms with Crippen molar-refractivity contribution >= 4 is 22.8 Å². The van der Waals surface area contributed by atoms with Gasteiger partial charge >= 0.3 is 0 Å². The molecular formula is C12H17N3S. The van der Waals surface area contributed by atoms with Gasteiger partial charge in [0.1, 0.15) is 0 Å². The summed E-state index contributed by atoms with van der Waals surface area (Å²) in [7, 11) is 0. The highest BCUT2D eigenvalue weighted by Gasteiger charge is 2.05. The molecule has 1 heterocycles. The van der Waals surface area contributed by atoms with Crippen LogP contribution >= 0.6 is 11.8 Å². The molecule has 0 saturated heterocycles. The number of nitrogens with one attached hydrogen (secondary N) is 2. The second-order valence-electron chi connectivity index (χ2n) is 3.83. The second-order valence-corrected chi connectivity index (χ2v) is 4.84. The summed E-state index contributed by atoms with van der Waals surface area (Å²) in [5.41, 5.74) is 2.15. The third-order valence-corrected chi connectivity index (χ3v) is 3.52. The standard InChI is InChI=1S/C12H17N3S/c1-3-13-9(2)8-16-12-14-10-6-4-5-7-11(10)15-12/h4-7,9,13H,3,8H2,1-2H3,(H,14,15). The monoisotopic (exact) mass is 235 g/mol. The van der Waals surface area contributed by atoms with Crippen LogP contribution in [0.5, 0.6) is 0 Å². The molecule has 2 rings (SSSR count). The van der Waals surface area contributed by atoms with Gasteiger partial charge in [-0.2, -0.15) is 0 Å². The van der Waals surface area contributed by atoms with Gasteiger partial charge in [0.15, 0.2) is 5.16 Å². The number of hydrogen-bond donors (Lipinski definition) is 2. The topological polar surface area (TPSA) is 40.7 Å². The largest absolute Gasteiger partial charge is 0.333 e. The molecule has 1 aromatic carbocycles. The molecular weight excluding hydrogens is 218 g/mol. The van der Waals surface area contributed by atoms with Gasteiger partial charge in [-0.15, -0.1) is 0 Å². The molecule has 1 atom stereocenters. The number of benzene rings is 1. The van der Waals surface area contributed by atoms with E-state index in [4.69, 9.17) is 0 Å². The number of nitrogens with zero attached hydrogens (tertiary/aromatic N) is 1. The Balaban J connectivity index is 1.99. The maximum absolute atomic E-state index is 4.52. The van der Waals surface area contributed by atoms with Gasteiger partial charge in [0.25, 0.3) is 0 Å². The molecule has 0 aliphatic carbocycles. The van der Waals surface area contributed by atoms with Crippen LogP contribution < -0.4 is 5.32 Å². The van der Waals surface area contributed by atoms with Gasteiger partial charge in [-0.05, 0) is 25.6 Å². The van der Waals surface area contributed by atoms with Crippen LogP contribution in [0.1, 0.15) is 13.8 Å². The fourth-order valence-corrected chi connectivity index (χ4v) is 2.48. The van der Waals surface area contributed by atoms with Crippen molar-refractivity contribution in [2.45, 2.75) is 25.0 Å². The summed E-state index contributed by atoms with van der Waals surface area (Å²) < 4.78 is 0. The smallest absolute Gasteiger partial charge is 0.166 e. The summed E-state index contributed by atoms with van der Waals surface area (Å²) in [4.78, 5) is 7.84. The molecule has 0 amide bonds. The maximum atomic E-state index is 4.52. The van der Waals surface area contributed by atoms with Crippen molar-refractivity contribution in [3.8, 4) is 0 Å². The number of para-hydroxylation sites is 2. The average Bonchev–Trinajstić information content (AvgIpc) is 2.69. The fourth-order valence-electron chi connectivity index (χ4n) is 1.61. The molecule has 4 heteroatoms. The van der Waals surface area contributed by atoms with E-state index in [0.29, 0.717) is 6.04 Å². The van der Waals surface area contributed by atoms with Crippen molar-refractivity contribution in [1.29, 1.82) is 0 Å². The van der Waals surface area contributed by atoms with Crippen molar-refractivity contribution in [2.24, 2.45) is 0 Å². The Morgan fingerprint density at radius 3 is 3.00 bits per heavy atom. The van der Waals surface area contributed by atoms with E-state index in [1.165, 1.54) is 0 Å². The minimum absolute atomic E-state index is 0.517. The minimum atomic E-state index is 0.517. The maximum Gasteiger partial charge on any atom is 0.166 e. The third-order valence-electron chi connectivity index (χ3n) is 2.39. The van der Waals surface area contributed by atoms with Crippen LogP contribution in [0.4, 0.5) is 0 Å². The molecule has 0 radical (unpaired) electrons. The molecule has 0 saturated carbocycles. The number of H-pyrrole nitrogens is 1. The van der Waals surface area contributed by atoms with Crippen molar-refractivity contribution < 1.29 is 0 Å². The number of thioether (sulfide) groups is 1. The molecule has 0 fully saturated rings. The first-order valence-corrected chi connectivity index (χ1v) is 6.59. The Morgan fingerprint density at radius 1 is 1.44 bits per heavy atom. The summed E-state index contributed by atoms with van der Waals surface area (Å²) in [6, 6.07) is 8.64. The van der Waals surface area contributed by atoms with E-state index in [2.05, 4.69) is 35.2 Å². The predicted octanol–water partition coefficient (Wildman–Crippen LogP) is 2.65. The predicted molar refractivity (Wildman–Crippen MR) is 70.0 cm³/mol. The van der Waals surface area contributed by atoms with Gasteiger partial charge in [0.05, 0.1) is 11.0 Å². The van der Waals surface area contributed by atoms with Crippen molar-refractivity contribution in [2.75, 3.05) is 12.3 Å². The highest BCUT2D eigenvalue weighted by molar-refractivity contribution is 7.99. The molecule has 1 unspecified atom stereocenters. The molecule has 0 aliphatic rings.